The van der Waals surface area contributed by atoms with Crippen LogP contribution < -0.4 is 9.64 Å². The first-order chi connectivity index (χ1) is 13.2. The molecule has 0 amide bonds. The molecule has 0 atom stereocenters. The molecule has 0 radical (unpaired) electrons. The van der Waals surface area contributed by atoms with Crippen LogP contribution >= 0.6 is 0 Å². The first-order valence-electron chi connectivity index (χ1n) is 9.03. The van der Waals surface area contributed by atoms with Crippen molar-refractivity contribution < 1.29 is 23.0 Å². The van der Waals surface area contributed by atoms with Gasteiger partial charge in [0.2, 0.25) is 15.8 Å². The van der Waals surface area contributed by atoms with Crippen LogP contribution in [0.15, 0.2) is 41.3 Å². The van der Waals surface area contributed by atoms with Gasteiger partial charge in [-0.2, -0.15) is 4.31 Å². The molecule has 1 heterocycles. The monoisotopic (exact) mass is 406 g/mol. The topological polar surface area (TPSA) is 94.2 Å². The molecule has 1 aliphatic rings. The highest BCUT2D eigenvalue weighted by Crippen LogP contribution is 2.34. The summed E-state index contributed by atoms with van der Waals surface area (Å²) in [5.41, 5.74) is 1.56. The third kappa shape index (κ3) is 4.32. The van der Waals surface area contributed by atoms with Crippen molar-refractivity contribution in [1.82, 2.24) is 4.31 Å². The number of nitro groups is 1. The molecule has 0 spiro atoms. The van der Waals surface area contributed by atoms with Crippen molar-refractivity contribution in [1.29, 1.82) is 0 Å². The minimum absolute atomic E-state index is 0.0109. The summed E-state index contributed by atoms with van der Waals surface area (Å²) in [6.45, 7) is 6.00. The molecular formula is C19H24N3O5S+. The van der Waals surface area contributed by atoms with E-state index in [0.717, 1.165) is 17.2 Å². The van der Waals surface area contributed by atoms with Gasteiger partial charge in [-0.1, -0.05) is 6.07 Å². The molecule has 1 aliphatic heterocycles. The number of nitrogens with one attached hydrogen (secondary N) is 1. The van der Waals surface area contributed by atoms with Crippen molar-refractivity contribution in [3.8, 4) is 11.5 Å². The molecule has 0 unspecified atom stereocenters. The van der Waals surface area contributed by atoms with Gasteiger partial charge in [-0.15, -0.1) is 0 Å². The molecule has 9 heteroatoms. The summed E-state index contributed by atoms with van der Waals surface area (Å²) in [7, 11) is -1.78. The van der Waals surface area contributed by atoms with E-state index in [0.29, 0.717) is 31.9 Å². The Labute approximate surface area is 164 Å². The van der Waals surface area contributed by atoms with E-state index in [-0.39, 0.29) is 16.3 Å². The minimum Gasteiger partial charge on any atom is -0.450 e. The molecule has 0 aliphatic carbocycles. The van der Waals surface area contributed by atoms with Crippen LogP contribution in [0.25, 0.3) is 0 Å². The Hall–Kier alpha value is -2.49. The largest absolute Gasteiger partial charge is 0.450 e. The Balaban J connectivity index is 1.94. The van der Waals surface area contributed by atoms with Gasteiger partial charge in [-0.3, -0.25) is 10.1 Å². The molecule has 0 aromatic heterocycles. The lowest BCUT2D eigenvalue weighted by atomic mass is 10.1. The fraction of sp³-hybridized carbons (Fsp3) is 0.368. The molecule has 0 bridgehead atoms. The van der Waals surface area contributed by atoms with Crippen LogP contribution in [0.4, 0.5) is 5.69 Å². The summed E-state index contributed by atoms with van der Waals surface area (Å²) in [5.74, 6) is 0.482. The molecule has 0 saturated carbocycles. The van der Waals surface area contributed by atoms with E-state index >= 15 is 0 Å². The van der Waals surface area contributed by atoms with Crippen molar-refractivity contribution in [3.63, 3.8) is 0 Å². The van der Waals surface area contributed by atoms with Gasteiger partial charge in [0, 0.05) is 6.07 Å². The van der Waals surface area contributed by atoms with Gasteiger partial charge in [0.15, 0.2) is 0 Å². The summed E-state index contributed by atoms with van der Waals surface area (Å²) in [6, 6.07) is 9.31. The molecule has 2 aromatic carbocycles. The maximum Gasteiger partial charge on any atom is 0.312 e. The lowest BCUT2D eigenvalue weighted by Gasteiger charge is -2.29. The fourth-order valence-electron chi connectivity index (χ4n) is 3.26. The number of hydrogen-bond donors (Lipinski definition) is 1. The van der Waals surface area contributed by atoms with Crippen molar-refractivity contribution in [2.75, 3.05) is 33.2 Å². The first kappa shape index (κ1) is 20.2. The second kappa shape index (κ2) is 7.86. The van der Waals surface area contributed by atoms with E-state index in [4.69, 9.17) is 4.74 Å². The summed E-state index contributed by atoms with van der Waals surface area (Å²) < 4.78 is 32.8. The zero-order valence-electron chi connectivity index (χ0n) is 16.1. The predicted molar refractivity (Wildman–Crippen MR) is 104 cm³/mol. The molecule has 8 nitrogen and oxygen atoms in total. The van der Waals surface area contributed by atoms with Crippen LogP contribution in [0.2, 0.25) is 0 Å². The Morgan fingerprint density at radius 3 is 2.25 bits per heavy atom. The van der Waals surface area contributed by atoms with Crippen LogP contribution in [-0.4, -0.2) is 50.9 Å². The first-order valence-corrected chi connectivity index (χ1v) is 10.5. The predicted octanol–water partition coefficient (Wildman–Crippen LogP) is 1.52. The maximum absolute atomic E-state index is 12.9. The van der Waals surface area contributed by atoms with Gasteiger partial charge in [0.1, 0.15) is 5.75 Å². The van der Waals surface area contributed by atoms with Crippen molar-refractivity contribution in [2.24, 2.45) is 0 Å². The average molecular weight is 406 g/mol. The lowest BCUT2D eigenvalue weighted by Crippen LogP contribution is -3.12. The summed E-state index contributed by atoms with van der Waals surface area (Å²) in [5, 5.41) is 11.6. The van der Waals surface area contributed by atoms with Crippen LogP contribution in [0.5, 0.6) is 11.5 Å². The van der Waals surface area contributed by atoms with E-state index in [9.17, 15) is 18.5 Å². The second-order valence-electron chi connectivity index (χ2n) is 7.17. The highest BCUT2D eigenvalue weighted by atomic mass is 32.2. The van der Waals surface area contributed by atoms with Crippen molar-refractivity contribution in [3.05, 3.63) is 57.6 Å². The molecule has 2 aromatic rings. The maximum atomic E-state index is 12.9. The minimum atomic E-state index is -3.78. The van der Waals surface area contributed by atoms with Crippen LogP contribution in [-0.2, 0) is 10.0 Å². The smallest absolute Gasteiger partial charge is 0.312 e. The summed E-state index contributed by atoms with van der Waals surface area (Å²) in [4.78, 5) is 12.1. The van der Waals surface area contributed by atoms with E-state index in [1.165, 1.54) is 21.3 Å². The van der Waals surface area contributed by atoms with E-state index in [2.05, 4.69) is 0 Å². The molecule has 1 saturated heterocycles. The normalized spacial score (nSPS) is 16.1. The fourth-order valence-corrected chi connectivity index (χ4v) is 4.72. The number of aryl methyl sites for hydroxylation is 2. The van der Waals surface area contributed by atoms with Crippen LogP contribution in [0.3, 0.4) is 0 Å². The number of sulfonamides is 1. The molecule has 28 heavy (non-hydrogen) atoms. The number of ether oxygens (including phenoxy) is 1. The van der Waals surface area contributed by atoms with Gasteiger partial charge in [-0.25, -0.2) is 8.42 Å². The van der Waals surface area contributed by atoms with Crippen molar-refractivity contribution in [2.45, 2.75) is 18.7 Å². The molecule has 1 fully saturated rings. The van der Waals surface area contributed by atoms with Crippen molar-refractivity contribution >= 4 is 15.7 Å². The second-order valence-corrected chi connectivity index (χ2v) is 9.11. The Morgan fingerprint density at radius 1 is 1.07 bits per heavy atom. The van der Waals surface area contributed by atoms with Gasteiger partial charge >= 0.3 is 5.69 Å². The Morgan fingerprint density at radius 2 is 1.68 bits per heavy atom. The highest BCUT2D eigenvalue weighted by Gasteiger charge is 2.31. The SMILES string of the molecule is Cc1cc(C)cc(Oc2ccc(S(=O)(=O)N3CC[NH+](C)CC3)cc2[N+](=O)[O-])c1. The number of quaternary nitrogens is 1. The molecular weight excluding hydrogens is 382 g/mol. The van der Waals surface area contributed by atoms with E-state index < -0.39 is 14.9 Å². The summed E-state index contributed by atoms with van der Waals surface area (Å²) in [6.07, 6.45) is 0. The number of likely N-dealkylation sites (N-methyl/N-ethyl adjacent to an activating group) is 1. The van der Waals surface area contributed by atoms with Gasteiger partial charge in [0.25, 0.3) is 0 Å². The standard InChI is InChI=1S/C19H23N3O5S/c1-14-10-15(2)12-16(11-14)27-19-5-4-17(13-18(19)22(23)24)28(25,26)21-8-6-20(3)7-9-21/h4-5,10-13H,6-9H2,1-3H3/p+1. The zero-order chi connectivity index (χ0) is 20.5. The zero-order valence-corrected chi connectivity index (χ0v) is 17.0. The van der Waals surface area contributed by atoms with Crippen LogP contribution in [0, 0.1) is 24.0 Å². The molecule has 150 valence electrons. The molecule has 3 rings (SSSR count). The Kier molecular flexibility index (Phi) is 5.69. The number of nitro benzene ring substituents is 1. The van der Waals surface area contributed by atoms with Crippen LogP contribution in [0.1, 0.15) is 11.1 Å². The van der Waals surface area contributed by atoms with Gasteiger partial charge < -0.3 is 9.64 Å². The number of hydrogen-bond acceptors (Lipinski definition) is 5. The average Bonchev–Trinajstić information content (AvgIpc) is 2.61. The number of rotatable bonds is 5. The highest BCUT2D eigenvalue weighted by molar-refractivity contribution is 7.89. The third-order valence-electron chi connectivity index (χ3n) is 4.76. The van der Waals surface area contributed by atoms with Gasteiger partial charge in [-0.05, 0) is 49.2 Å². The van der Waals surface area contributed by atoms with E-state index in [1.54, 1.807) is 12.1 Å². The third-order valence-corrected chi connectivity index (χ3v) is 6.66. The number of nitrogens with zero attached hydrogens (tertiary/aromatic N) is 2. The summed E-state index contributed by atoms with van der Waals surface area (Å²) >= 11 is 0. The quantitative estimate of drug-likeness (QED) is 0.600. The molecule has 1 N–H and O–H groups in total. The Bertz CT molecular complexity index is 978. The van der Waals surface area contributed by atoms with Gasteiger partial charge in [0.05, 0.1) is 43.0 Å². The lowest BCUT2D eigenvalue weighted by molar-refractivity contribution is -0.883. The number of piperazine rings is 1. The number of benzene rings is 2. The van der Waals surface area contributed by atoms with E-state index in [1.807, 2.05) is 27.0 Å².